The Kier molecular flexibility index (Phi) is 7.27. The first-order valence-corrected chi connectivity index (χ1v) is 12.9. The van der Waals surface area contributed by atoms with Gasteiger partial charge in [0.2, 0.25) is 0 Å². The van der Waals surface area contributed by atoms with Crippen LogP contribution in [0.4, 0.5) is 0 Å². The second-order valence-corrected chi connectivity index (χ2v) is 9.73. The zero-order valence-electron chi connectivity index (χ0n) is 20.1. The number of benzene rings is 3. The van der Waals surface area contributed by atoms with E-state index in [0.29, 0.717) is 28.5 Å². The monoisotopic (exact) mass is 468 g/mol. The maximum Gasteiger partial charge on any atom is 0.343 e. The summed E-state index contributed by atoms with van der Waals surface area (Å²) in [5.41, 5.74) is 2.91. The van der Waals surface area contributed by atoms with Crippen molar-refractivity contribution >= 4 is 11.9 Å². The zero-order chi connectivity index (χ0) is 24.0. The minimum atomic E-state index is -0.428. The number of hydrogen-bond donors (Lipinski definition) is 0. The van der Waals surface area contributed by atoms with E-state index < -0.39 is 11.9 Å². The maximum atomic E-state index is 13.2. The molecule has 2 saturated carbocycles. The van der Waals surface area contributed by atoms with E-state index in [4.69, 9.17) is 9.47 Å². The van der Waals surface area contributed by atoms with Gasteiger partial charge in [-0.15, -0.1) is 0 Å². The van der Waals surface area contributed by atoms with Gasteiger partial charge >= 0.3 is 11.9 Å². The second kappa shape index (κ2) is 10.9. The van der Waals surface area contributed by atoms with Crippen LogP contribution in [-0.2, 0) is 0 Å². The first-order chi connectivity index (χ1) is 17.2. The lowest BCUT2D eigenvalue weighted by Crippen LogP contribution is -2.17. The predicted molar refractivity (Wildman–Crippen MR) is 136 cm³/mol. The molecule has 0 spiro atoms. The summed E-state index contributed by atoms with van der Waals surface area (Å²) in [6.07, 6.45) is 10.0. The van der Waals surface area contributed by atoms with Crippen LogP contribution in [0.5, 0.6) is 11.5 Å². The van der Waals surface area contributed by atoms with Gasteiger partial charge in [0.25, 0.3) is 0 Å². The summed E-state index contributed by atoms with van der Waals surface area (Å²) in [5, 5.41) is 0. The van der Waals surface area contributed by atoms with Gasteiger partial charge in [-0.1, -0.05) is 80.6 Å². The van der Waals surface area contributed by atoms with Crippen LogP contribution in [0.3, 0.4) is 0 Å². The van der Waals surface area contributed by atoms with E-state index in [2.05, 4.69) is 12.1 Å². The summed E-state index contributed by atoms with van der Waals surface area (Å²) in [5.74, 6) is 0.584. The Bertz CT molecular complexity index is 1160. The molecule has 3 aromatic rings. The molecule has 4 nitrogen and oxygen atoms in total. The zero-order valence-corrected chi connectivity index (χ0v) is 20.1. The van der Waals surface area contributed by atoms with Crippen molar-refractivity contribution in [2.24, 2.45) is 0 Å². The SMILES string of the molecule is O=C(Oc1c(C2CCCCC2)ccc(C2CCCC2)c1OC(=O)c1ccccc1)c1ccccc1. The molecule has 0 saturated heterocycles. The molecule has 2 fully saturated rings. The van der Waals surface area contributed by atoms with Crippen molar-refractivity contribution in [2.45, 2.75) is 69.6 Å². The Balaban J connectivity index is 1.60. The molecule has 0 radical (unpaired) electrons. The molecule has 5 rings (SSSR count). The Morgan fingerprint density at radius 2 is 0.886 bits per heavy atom. The van der Waals surface area contributed by atoms with Crippen LogP contribution in [0.15, 0.2) is 72.8 Å². The fraction of sp³-hybridized carbons (Fsp3) is 0.355. The molecule has 2 aliphatic carbocycles. The molecular formula is C31H32O4. The molecule has 180 valence electrons. The molecule has 2 aliphatic rings. The van der Waals surface area contributed by atoms with E-state index in [1.54, 1.807) is 24.3 Å². The molecule has 0 unspecified atom stereocenters. The molecular weight excluding hydrogens is 436 g/mol. The van der Waals surface area contributed by atoms with Gasteiger partial charge in [0, 0.05) is 11.1 Å². The maximum absolute atomic E-state index is 13.2. The van der Waals surface area contributed by atoms with Gasteiger partial charge in [-0.05, 0) is 61.8 Å². The molecule has 0 N–H and O–H groups in total. The van der Waals surface area contributed by atoms with E-state index in [1.165, 1.54) is 6.42 Å². The van der Waals surface area contributed by atoms with Crippen molar-refractivity contribution in [3.63, 3.8) is 0 Å². The number of ether oxygens (including phenoxy) is 2. The van der Waals surface area contributed by atoms with E-state index in [1.807, 2.05) is 36.4 Å². The second-order valence-electron chi connectivity index (χ2n) is 9.73. The van der Waals surface area contributed by atoms with Crippen molar-refractivity contribution in [2.75, 3.05) is 0 Å². The van der Waals surface area contributed by atoms with Gasteiger partial charge in [0.1, 0.15) is 0 Å². The highest BCUT2D eigenvalue weighted by molar-refractivity contribution is 5.93. The summed E-state index contributed by atoms with van der Waals surface area (Å²) in [6, 6.07) is 22.3. The Morgan fingerprint density at radius 1 is 0.514 bits per heavy atom. The lowest BCUT2D eigenvalue weighted by atomic mass is 9.82. The Labute approximate surface area is 207 Å². The van der Waals surface area contributed by atoms with Gasteiger partial charge in [-0.2, -0.15) is 0 Å². The molecule has 0 heterocycles. The standard InChI is InChI=1S/C31H32O4/c32-30(24-16-6-2-7-17-24)34-28-26(22-12-4-1-5-13-22)20-21-27(23-14-10-11-15-23)29(28)35-31(33)25-18-8-3-9-19-25/h2-3,6-9,16-23H,1,4-5,10-15H2. The smallest absolute Gasteiger partial charge is 0.343 e. The van der Waals surface area contributed by atoms with Crippen molar-refractivity contribution in [1.82, 2.24) is 0 Å². The average molecular weight is 469 g/mol. The largest absolute Gasteiger partial charge is 0.419 e. The molecule has 0 atom stereocenters. The average Bonchev–Trinajstić information content (AvgIpc) is 3.46. The van der Waals surface area contributed by atoms with Crippen molar-refractivity contribution in [3.05, 3.63) is 95.1 Å². The van der Waals surface area contributed by atoms with Gasteiger partial charge in [-0.25, -0.2) is 9.59 Å². The van der Waals surface area contributed by atoms with Crippen molar-refractivity contribution < 1.29 is 19.1 Å². The fourth-order valence-electron chi connectivity index (χ4n) is 5.55. The Hall–Kier alpha value is -3.40. The minimum Gasteiger partial charge on any atom is -0.419 e. The third kappa shape index (κ3) is 5.32. The van der Waals surface area contributed by atoms with Gasteiger partial charge in [0.15, 0.2) is 11.5 Å². The van der Waals surface area contributed by atoms with E-state index >= 15 is 0 Å². The van der Waals surface area contributed by atoms with E-state index in [-0.39, 0.29) is 5.92 Å². The first-order valence-electron chi connectivity index (χ1n) is 12.9. The summed E-state index contributed by atoms with van der Waals surface area (Å²) in [6.45, 7) is 0. The highest BCUT2D eigenvalue weighted by atomic mass is 16.6. The highest BCUT2D eigenvalue weighted by Crippen LogP contribution is 2.48. The summed E-state index contributed by atoms with van der Waals surface area (Å²) < 4.78 is 12.3. The molecule has 0 amide bonds. The lowest BCUT2D eigenvalue weighted by molar-refractivity contribution is 0.0678. The van der Waals surface area contributed by atoms with Gasteiger partial charge in [0.05, 0.1) is 11.1 Å². The highest BCUT2D eigenvalue weighted by Gasteiger charge is 2.31. The third-order valence-corrected chi connectivity index (χ3v) is 7.42. The van der Waals surface area contributed by atoms with Crippen LogP contribution in [0, 0.1) is 0 Å². The number of hydrogen-bond acceptors (Lipinski definition) is 4. The summed E-state index contributed by atoms with van der Waals surface area (Å²) in [7, 11) is 0. The molecule has 0 bridgehead atoms. The number of carbonyl (C=O) groups excluding carboxylic acids is 2. The van der Waals surface area contributed by atoms with Crippen molar-refractivity contribution in [3.8, 4) is 11.5 Å². The van der Waals surface area contributed by atoms with E-state index in [0.717, 1.165) is 62.5 Å². The normalized spacial score (nSPS) is 16.7. The third-order valence-electron chi connectivity index (χ3n) is 7.42. The molecule has 3 aromatic carbocycles. The van der Waals surface area contributed by atoms with Gasteiger partial charge in [-0.3, -0.25) is 0 Å². The van der Waals surface area contributed by atoms with Crippen LogP contribution in [-0.4, -0.2) is 11.9 Å². The topological polar surface area (TPSA) is 52.6 Å². The number of rotatable bonds is 6. The first kappa shape index (κ1) is 23.3. The fourth-order valence-corrected chi connectivity index (χ4v) is 5.55. The summed E-state index contributed by atoms with van der Waals surface area (Å²) >= 11 is 0. The predicted octanol–water partition coefficient (Wildman–Crippen LogP) is 7.83. The van der Waals surface area contributed by atoms with Crippen LogP contribution in [0.25, 0.3) is 0 Å². The molecule has 0 aliphatic heterocycles. The van der Waals surface area contributed by atoms with Gasteiger partial charge < -0.3 is 9.47 Å². The van der Waals surface area contributed by atoms with Crippen LogP contribution < -0.4 is 9.47 Å². The number of esters is 2. The Morgan fingerprint density at radius 3 is 1.29 bits per heavy atom. The van der Waals surface area contributed by atoms with Crippen molar-refractivity contribution in [1.29, 1.82) is 0 Å². The minimum absolute atomic E-state index is 0.286. The van der Waals surface area contributed by atoms with Crippen LogP contribution in [0.2, 0.25) is 0 Å². The molecule has 0 aromatic heterocycles. The van der Waals surface area contributed by atoms with Crippen LogP contribution in [0.1, 0.15) is 101 Å². The summed E-state index contributed by atoms with van der Waals surface area (Å²) in [4.78, 5) is 26.4. The molecule has 4 heteroatoms. The lowest BCUT2D eigenvalue weighted by Gasteiger charge is -2.27. The van der Waals surface area contributed by atoms with Crippen LogP contribution >= 0.6 is 0 Å². The van der Waals surface area contributed by atoms with E-state index in [9.17, 15) is 9.59 Å². The quantitative estimate of drug-likeness (QED) is 0.273. The number of carbonyl (C=O) groups is 2. The molecule has 35 heavy (non-hydrogen) atoms.